The number of carbonyl (C=O) groups is 1. The molecule has 1 aliphatic heterocycles. The van der Waals surface area contributed by atoms with Gasteiger partial charge < -0.3 is 20.5 Å². The van der Waals surface area contributed by atoms with E-state index in [0.717, 1.165) is 0 Å². The van der Waals surface area contributed by atoms with Crippen LogP contribution in [0.15, 0.2) is 0 Å². The standard InChI is InChI=1S/C10H20N2O3/c1-10(2,3)15-9(14)12-6-8(13)4-7(12)5-11/h7-8,13H,4-6,11H2,1-3H3. The molecule has 3 N–H and O–H groups in total. The summed E-state index contributed by atoms with van der Waals surface area (Å²) < 4.78 is 5.22. The highest BCUT2D eigenvalue weighted by atomic mass is 16.6. The van der Waals surface area contributed by atoms with Gasteiger partial charge >= 0.3 is 6.09 Å². The SMILES string of the molecule is CC(C)(C)OC(=O)N1CC(O)CC1CN. The van der Waals surface area contributed by atoms with Gasteiger partial charge in [-0.25, -0.2) is 4.79 Å². The highest BCUT2D eigenvalue weighted by Gasteiger charge is 2.35. The Labute approximate surface area is 90.2 Å². The van der Waals surface area contributed by atoms with E-state index in [1.807, 2.05) is 20.8 Å². The molecule has 0 bridgehead atoms. The lowest BCUT2D eigenvalue weighted by Crippen LogP contribution is -2.43. The lowest BCUT2D eigenvalue weighted by molar-refractivity contribution is 0.0213. The zero-order valence-electron chi connectivity index (χ0n) is 9.56. The lowest BCUT2D eigenvalue weighted by atomic mass is 10.2. The number of ether oxygens (including phenoxy) is 1. The average Bonchev–Trinajstić information content (AvgIpc) is 2.43. The number of carbonyl (C=O) groups excluding carboxylic acids is 1. The molecular weight excluding hydrogens is 196 g/mol. The summed E-state index contributed by atoms with van der Waals surface area (Å²) in [5.74, 6) is 0. The molecule has 0 aromatic heterocycles. The van der Waals surface area contributed by atoms with Crippen LogP contribution in [0.1, 0.15) is 27.2 Å². The number of nitrogens with zero attached hydrogens (tertiary/aromatic N) is 1. The summed E-state index contributed by atoms with van der Waals surface area (Å²) in [6, 6.07) is -0.102. The summed E-state index contributed by atoms with van der Waals surface area (Å²) in [6.07, 6.45) is -0.337. The highest BCUT2D eigenvalue weighted by Crippen LogP contribution is 2.20. The monoisotopic (exact) mass is 216 g/mol. The Hall–Kier alpha value is -0.810. The van der Waals surface area contributed by atoms with E-state index in [2.05, 4.69) is 0 Å². The van der Waals surface area contributed by atoms with Crippen molar-refractivity contribution in [2.45, 2.75) is 44.9 Å². The normalized spacial score (nSPS) is 26.9. The van der Waals surface area contributed by atoms with Crippen molar-refractivity contribution in [1.82, 2.24) is 4.90 Å². The van der Waals surface area contributed by atoms with Crippen molar-refractivity contribution in [3.05, 3.63) is 0 Å². The first kappa shape index (κ1) is 12.3. The van der Waals surface area contributed by atoms with Gasteiger partial charge in [-0.2, -0.15) is 0 Å². The number of rotatable bonds is 1. The molecular formula is C10H20N2O3. The minimum absolute atomic E-state index is 0.102. The molecule has 1 heterocycles. The molecule has 1 amide bonds. The van der Waals surface area contributed by atoms with Crippen molar-refractivity contribution in [3.8, 4) is 0 Å². The Bertz CT molecular complexity index is 237. The van der Waals surface area contributed by atoms with Gasteiger partial charge in [-0.15, -0.1) is 0 Å². The average molecular weight is 216 g/mol. The van der Waals surface area contributed by atoms with Gasteiger partial charge in [0, 0.05) is 12.6 Å². The number of hydrogen-bond donors (Lipinski definition) is 2. The van der Waals surface area contributed by atoms with Gasteiger partial charge in [0.05, 0.1) is 12.6 Å². The Kier molecular flexibility index (Phi) is 3.57. The van der Waals surface area contributed by atoms with E-state index in [-0.39, 0.29) is 6.04 Å². The van der Waals surface area contributed by atoms with Gasteiger partial charge in [-0.05, 0) is 27.2 Å². The fraction of sp³-hybridized carbons (Fsp3) is 0.900. The first-order chi connectivity index (χ1) is 6.83. The van der Waals surface area contributed by atoms with E-state index in [4.69, 9.17) is 10.5 Å². The number of nitrogens with two attached hydrogens (primary N) is 1. The molecule has 0 aliphatic carbocycles. The predicted octanol–water partition coefficient (Wildman–Crippen LogP) is 0.315. The van der Waals surface area contributed by atoms with E-state index >= 15 is 0 Å². The Balaban J connectivity index is 2.59. The maximum atomic E-state index is 11.7. The summed E-state index contributed by atoms with van der Waals surface area (Å²) in [5, 5.41) is 9.44. The fourth-order valence-corrected chi connectivity index (χ4v) is 1.66. The smallest absolute Gasteiger partial charge is 0.410 e. The molecule has 0 radical (unpaired) electrons. The topological polar surface area (TPSA) is 75.8 Å². The molecule has 2 unspecified atom stereocenters. The fourth-order valence-electron chi connectivity index (χ4n) is 1.66. The van der Waals surface area contributed by atoms with Crippen LogP contribution in [0.2, 0.25) is 0 Å². The molecule has 15 heavy (non-hydrogen) atoms. The van der Waals surface area contributed by atoms with Crippen molar-refractivity contribution in [2.24, 2.45) is 5.73 Å². The van der Waals surface area contributed by atoms with E-state index in [0.29, 0.717) is 19.5 Å². The van der Waals surface area contributed by atoms with E-state index in [1.54, 1.807) is 0 Å². The van der Waals surface area contributed by atoms with Crippen molar-refractivity contribution in [1.29, 1.82) is 0 Å². The number of hydrogen-bond acceptors (Lipinski definition) is 4. The zero-order valence-corrected chi connectivity index (χ0v) is 9.56. The zero-order chi connectivity index (χ0) is 11.6. The van der Waals surface area contributed by atoms with Gasteiger partial charge in [0.1, 0.15) is 5.60 Å². The summed E-state index contributed by atoms with van der Waals surface area (Å²) in [7, 11) is 0. The first-order valence-corrected chi connectivity index (χ1v) is 5.21. The van der Waals surface area contributed by atoms with Gasteiger partial charge in [0.15, 0.2) is 0 Å². The van der Waals surface area contributed by atoms with Crippen molar-refractivity contribution < 1.29 is 14.6 Å². The quantitative estimate of drug-likeness (QED) is 0.661. The number of β-amino-alcohol motifs (C(OH)–C–C–N with tert-alkyl or cyclic N) is 1. The highest BCUT2D eigenvalue weighted by molar-refractivity contribution is 5.69. The van der Waals surface area contributed by atoms with Crippen LogP contribution in [0.5, 0.6) is 0 Å². The van der Waals surface area contributed by atoms with Crippen molar-refractivity contribution in [3.63, 3.8) is 0 Å². The number of likely N-dealkylation sites (tertiary alicyclic amines) is 1. The first-order valence-electron chi connectivity index (χ1n) is 5.21. The molecule has 2 atom stereocenters. The second-order valence-corrected chi connectivity index (χ2v) is 4.91. The van der Waals surface area contributed by atoms with Crippen LogP contribution in [0.25, 0.3) is 0 Å². The molecule has 1 fully saturated rings. The molecule has 1 rings (SSSR count). The molecule has 1 aliphatic rings. The lowest BCUT2D eigenvalue weighted by Gasteiger charge is -2.27. The van der Waals surface area contributed by atoms with Crippen LogP contribution < -0.4 is 5.73 Å². The third kappa shape index (κ3) is 3.35. The summed E-state index contributed by atoms with van der Waals surface area (Å²) in [4.78, 5) is 13.2. The van der Waals surface area contributed by atoms with E-state index in [1.165, 1.54) is 4.90 Å². The second kappa shape index (κ2) is 4.37. The molecule has 5 heteroatoms. The molecule has 0 saturated carbocycles. The summed E-state index contributed by atoms with van der Waals surface area (Å²) in [6.45, 7) is 6.12. The third-order valence-electron chi connectivity index (χ3n) is 2.29. The van der Waals surface area contributed by atoms with Crippen LogP contribution in [0, 0.1) is 0 Å². The molecule has 0 aromatic carbocycles. The second-order valence-electron chi connectivity index (χ2n) is 4.91. The molecule has 0 spiro atoms. The van der Waals surface area contributed by atoms with E-state index in [9.17, 15) is 9.90 Å². The molecule has 0 aromatic rings. The minimum atomic E-state index is -0.510. The Morgan fingerprint density at radius 1 is 1.60 bits per heavy atom. The van der Waals surface area contributed by atoms with Crippen molar-refractivity contribution >= 4 is 6.09 Å². The van der Waals surface area contributed by atoms with Gasteiger partial charge in [0.2, 0.25) is 0 Å². The van der Waals surface area contributed by atoms with Crippen LogP contribution >= 0.6 is 0 Å². The molecule has 1 saturated heterocycles. The number of aliphatic hydroxyl groups is 1. The van der Waals surface area contributed by atoms with Gasteiger partial charge in [-0.3, -0.25) is 0 Å². The summed E-state index contributed by atoms with van der Waals surface area (Å²) in [5.41, 5.74) is 5.02. The predicted molar refractivity (Wildman–Crippen MR) is 56.4 cm³/mol. The van der Waals surface area contributed by atoms with Crippen LogP contribution in [0.4, 0.5) is 4.79 Å². The molecule has 5 nitrogen and oxygen atoms in total. The van der Waals surface area contributed by atoms with Crippen LogP contribution in [-0.2, 0) is 4.74 Å². The Morgan fingerprint density at radius 3 is 2.67 bits per heavy atom. The summed E-state index contributed by atoms with van der Waals surface area (Å²) >= 11 is 0. The van der Waals surface area contributed by atoms with E-state index < -0.39 is 17.8 Å². The van der Waals surface area contributed by atoms with Gasteiger partial charge in [-0.1, -0.05) is 0 Å². The minimum Gasteiger partial charge on any atom is -0.444 e. The molecule has 88 valence electrons. The van der Waals surface area contributed by atoms with Gasteiger partial charge in [0.25, 0.3) is 0 Å². The maximum Gasteiger partial charge on any atom is 0.410 e. The number of amides is 1. The van der Waals surface area contributed by atoms with Crippen LogP contribution in [0.3, 0.4) is 0 Å². The number of aliphatic hydroxyl groups excluding tert-OH is 1. The Morgan fingerprint density at radius 2 is 2.20 bits per heavy atom. The maximum absolute atomic E-state index is 11.7. The third-order valence-corrected chi connectivity index (χ3v) is 2.29. The van der Waals surface area contributed by atoms with Crippen molar-refractivity contribution in [2.75, 3.05) is 13.1 Å². The van der Waals surface area contributed by atoms with Crippen LogP contribution in [-0.4, -0.2) is 46.9 Å². The largest absolute Gasteiger partial charge is 0.444 e.